The summed E-state index contributed by atoms with van der Waals surface area (Å²) >= 11 is 4.83. The van der Waals surface area contributed by atoms with Crippen molar-refractivity contribution >= 4 is 17.3 Å². The molecule has 0 aromatic carbocycles. The van der Waals surface area contributed by atoms with Gasteiger partial charge in [0.05, 0.1) is 13.2 Å². The van der Waals surface area contributed by atoms with Gasteiger partial charge < -0.3 is 9.47 Å². The second-order valence-corrected chi connectivity index (χ2v) is 2.93. The number of ether oxygens (including phenoxy) is 2. The van der Waals surface area contributed by atoms with E-state index < -0.39 is 0 Å². The Balaban J connectivity index is 2.12. The predicted molar refractivity (Wildman–Crippen MR) is 51.1 cm³/mol. The molecule has 0 atom stereocenters. The summed E-state index contributed by atoms with van der Waals surface area (Å²) in [4.78, 5) is 2.15. The van der Waals surface area contributed by atoms with Crippen LogP contribution in [0.5, 0.6) is 0 Å². The minimum atomic E-state index is 0.460. The molecule has 1 saturated heterocycles. The van der Waals surface area contributed by atoms with Crippen LogP contribution in [0.1, 0.15) is 0 Å². The maximum atomic E-state index is 5.21. The number of morpholine rings is 1. The van der Waals surface area contributed by atoms with E-state index in [0.717, 1.165) is 26.3 Å². The lowest BCUT2D eigenvalue weighted by Gasteiger charge is -2.25. The molecule has 1 fully saturated rings. The van der Waals surface area contributed by atoms with Crippen LogP contribution in [0.3, 0.4) is 0 Å². The minimum Gasteiger partial charge on any atom is -0.468 e. The lowest BCUT2D eigenvalue weighted by molar-refractivity contribution is 0.00207. The summed E-state index contributed by atoms with van der Waals surface area (Å²) in [6, 6.07) is 0. The summed E-state index contributed by atoms with van der Waals surface area (Å²) in [6.45, 7) is 7.46. The molecule has 0 aliphatic carbocycles. The minimum absolute atomic E-state index is 0.460. The topological polar surface area (TPSA) is 21.7 Å². The van der Waals surface area contributed by atoms with Crippen LogP contribution in [0, 0.1) is 0 Å². The van der Waals surface area contributed by atoms with E-state index in [4.69, 9.17) is 21.7 Å². The molecule has 1 heterocycles. The van der Waals surface area contributed by atoms with Gasteiger partial charge in [0, 0.05) is 13.1 Å². The molecule has 0 spiro atoms. The first kappa shape index (κ1) is 9.64. The van der Waals surface area contributed by atoms with Gasteiger partial charge >= 0.3 is 0 Å². The van der Waals surface area contributed by atoms with Gasteiger partial charge in [0.2, 0.25) is 0 Å². The van der Waals surface area contributed by atoms with Gasteiger partial charge in [-0.2, -0.15) is 0 Å². The first-order valence-electron chi connectivity index (χ1n) is 3.92. The van der Waals surface area contributed by atoms with Crippen molar-refractivity contribution in [1.82, 2.24) is 4.90 Å². The average molecular weight is 187 g/mol. The number of thiocarbonyl (C=S) groups is 1. The van der Waals surface area contributed by atoms with Crippen molar-refractivity contribution in [2.45, 2.75) is 0 Å². The third kappa shape index (κ3) is 3.30. The van der Waals surface area contributed by atoms with Gasteiger partial charge in [-0.15, -0.1) is 0 Å². The lowest BCUT2D eigenvalue weighted by atomic mass is 10.5. The van der Waals surface area contributed by atoms with Gasteiger partial charge in [-0.25, -0.2) is 0 Å². The highest BCUT2D eigenvalue weighted by Crippen LogP contribution is 1.97. The molecular weight excluding hydrogens is 174 g/mol. The molecule has 0 saturated carbocycles. The summed E-state index contributed by atoms with van der Waals surface area (Å²) in [5.41, 5.74) is 0. The lowest BCUT2D eigenvalue weighted by Crippen LogP contribution is -2.38. The molecule has 1 rings (SSSR count). The van der Waals surface area contributed by atoms with Gasteiger partial charge in [0.25, 0.3) is 0 Å². The van der Waals surface area contributed by atoms with Crippen LogP contribution in [-0.2, 0) is 9.47 Å². The van der Waals surface area contributed by atoms with E-state index in [1.165, 1.54) is 6.08 Å². The SMILES string of the molecule is C=CC(=S)OCN1CCOCC1. The second kappa shape index (κ2) is 5.24. The molecule has 1 aliphatic rings. The molecule has 0 radical (unpaired) electrons. The number of nitrogens with zero attached hydrogens (tertiary/aromatic N) is 1. The molecule has 68 valence electrons. The molecule has 0 bridgehead atoms. The zero-order chi connectivity index (χ0) is 8.81. The smallest absolute Gasteiger partial charge is 0.185 e. The summed E-state index contributed by atoms with van der Waals surface area (Å²) in [6.07, 6.45) is 1.54. The largest absolute Gasteiger partial charge is 0.468 e. The van der Waals surface area contributed by atoms with Crippen molar-refractivity contribution in [1.29, 1.82) is 0 Å². The Morgan fingerprint density at radius 1 is 1.58 bits per heavy atom. The Morgan fingerprint density at radius 3 is 2.83 bits per heavy atom. The number of hydrogen-bond donors (Lipinski definition) is 0. The summed E-state index contributed by atoms with van der Waals surface area (Å²) in [5, 5.41) is 0.460. The molecule has 0 unspecified atom stereocenters. The molecular formula is C8H13NO2S. The van der Waals surface area contributed by atoms with Gasteiger partial charge in [-0.3, -0.25) is 4.90 Å². The van der Waals surface area contributed by atoms with Crippen molar-refractivity contribution in [3.8, 4) is 0 Å². The maximum Gasteiger partial charge on any atom is 0.185 e. The highest BCUT2D eigenvalue weighted by molar-refractivity contribution is 7.80. The van der Waals surface area contributed by atoms with Crippen molar-refractivity contribution in [3.63, 3.8) is 0 Å². The number of rotatable bonds is 3. The molecule has 0 N–H and O–H groups in total. The summed E-state index contributed by atoms with van der Waals surface area (Å²) in [5.74, 6) is 0. The van der Waals surface area contributed by atoms with Gasteiger partial charge in [0.1, 0.15) is 6.73 Å². The van der Waals surface area contributed by atoms with Crippen molar-refractivity contribution < 1.29 is 9.47 Å². The fourth-order valence-corrected chi connectivity index (χ4v) is 0.997. The molecule has 0 amide bonds. The fraction of sp³-hybridized carbons (Fsp3) is 0.625. The van der Waals surface area contributed by atoms with Crippen molar-refractivity contribution in [2.75, 3.05) is 33.0 Å². The molecule has 1 aliphatic heterocycles. The normalized spacial score (nSPS) is 18.7. The third-order valence-electron chi connectivity index (χ3n) is 1.66. The van der Waals surface area contributed by atoms with Crippen LogP contribution < -0.4 is 0 Å². The standard InChI is InChI=1S/C8H13NO2S/c1-2-8(12)11-7-9-3-5-10-6-4-9/h2H,1,3-7H2. The van der Waals surface area contributed by atoms with E-state index in [0.29, 0.717) is 11.8 Å². The highest BCUT2D eigenvalue weighted by atomic mass is 32.1. The Bertz CT molecular complexity index is 166. The van der Waals surface area contributed by atoms with Crippen LogP contribution in [0.25, 0.3) is 0 Å². The Labute approximate surface area is 77.9 Å². The maximum absolute atomic E-state index is 5.21. The van der Waals surface area contributed by atoms with E-state index in [9.17, 15) is 0 Å². The molecule has 0 aromatic rings. The van der Waals surface area contributed by atoms with E-state index in [-0.39, 0.29) is 0 Å². The average Bonchev–Trinajstić information content (AvgIpc) is 2.16. The van der Waals surface area contributed by atoms with Crippen LogP contribution in [0.4, 0.5) is 0 Å². The first-order chi connectivity index (χ1) is 5.83. The molecule has 3 nitrogen and oxygen atoms in total. The van der Waals surface area contributed by atoms with Gasteiger partial charge in [-0.05, 0) is 18.3 Å². The van der Waals surface area contributed by atoms with E-state index >= 15 is 0 Å². The third-order valence-corrected chi connectivity index (χ3v) is 1.94. The van der Waals surface area contributed by atoms with E-state index in [1.807, 2.05) is 0 Å². The Hall–Kier alpha value is -0.450. The Morgan fingerprint density at radius 2 is 2.25 bits per heavy atom. The van der Waals surface area contributed by atoms with Crippen LogP contribution in [0.15, 0.2) is 12.7 Å². The fourth-order valence-electron chi connectivity index (χ4n) is 0.944. The zero-order valence-corrected chi connectivity index (χ0v) is 7.81. The van der Waals surface area contributed by atoms with E-state index in [1.54, 1.807) is 0 Å². The predicted octanol–water partition coefficient (Wildman–Crippen LogP) is 0.806. The van der Waals surface area contributed by atoms with Gasteiger partial charge in [-0.1, -0.05) is 6.58 Å². The van der Waals surface area contributed by atoms with E-state index in [2.05, 4.69) is 11.5 Å². The second-order valence-electron chi connectivity index (χ2n) is 2.53. The van der Waals surface area contributed by atoms with Crippen molar-refractivity contribution in [3.05, 3.63) is 12.7 Å². The summed E-state index contributed by atoms with van der Waals surface area (Å²) < 4.78 is 10.4. The number of hydrogen-bond acceptors (Lipinski definition) is 4. The Kier molecular flexibility index (Phi) is 4.21. The van der Waals surface area contributed by atoms with Crippen LogP contribution in [0.2, 0.25) is 0 Å². The summed E-state index contributed by atoms with van der Waals surface area (Å²) in [7, 11) is 0. The van der Waals surface area contributed by atoms with Crippen LogP contribution >= 0.6 is 12.2 Å². The van der Waals surface area contributed by atoms with Crippen LogP contribution in [-0.4, -0.2) is 43.0 Å². The quantitative estimate of drug-likeness (QED) is 0.481. The zero-order valence-electron chi connectivity index (χ0n) is 6.99. The molecule has 4 heteroatoms. The highest BCUT2D eigenvalue weighted by Gasteiger charge is 2.09. The molecule has 0 aromatic heterocycles. The molecule has 12 heavy (non-hydrogen) atoms. The monoisotopic (exact) mass is 187 g/mol. The first-order valence-corrected chi connectivity index (χ1v) is 4.33. The van der Waals surface area contributed by atoms with Gasteiger partial charge in [0.15, 0.2) is 5.05 Å². The van der Waals surface area contributed by atoms with Crippen molar-refractivity contribution in [2.24, 2.45) is 0 Å².